The maximum atomic E-state index is 13.0. The SMILES string of the molecule is CC1(C)CN(c2ccccc2Nc2nc3cc(C(F)(F)F)ccc3s2)C2=CC=CCC21. The van der Waals surface area contributed by atoms with E-state index in [9.17, 15) is 13.2 Å². The van der Waals surface area contributed by atoms with Gasteiger partial charge in [-0.05, 0) is 48.2 Å². The van der Waals surface area contributed by atoms with Gasteiger partial charge in [-0.25, -0.2) is 4.98 Å². The van der Waals surface area contributed by atoms with E-state index in [4.69, 9.17) is 0 Å². The number of anilines is 3. The molecule has 1 atom stereocenters. The zero-order valence-corrected chi connectivity index (χ0v) is 18.0. The van der Waals surface area contributed by atoms with Crippen LogP contribution in [0.15, 0.2) is 66.4 Å². The van der Waals surface area contributed by atoms with Gasteiger partial charge in [0.2, 0.25) is 0 Å². The van der Waals surface area contributed by atoms with Crippen molar-refractivity contribution >= 4 is 38.1 Å². The third-order valence-electron chi connectivity index (χ3n) is 6.10. The maximum absolute atomic E-state index is 13.0. The van der Waals surface area contributed by atoms with Gasteiger partial charge in [-0.1, -0.05) is 49.5 Å². The van der Waals surface area contributed by atoms with Crippen molar-refractivity contribution in [3.05, 3.63) is 72.0 Å². The van der Waals surface area contributed by atoms with E-state index in [0.29, 0.717) is 16.6 Å². The Kier molecular flexibility index (Phi) is 4.62. The first-order chi connectivity index (χ1) is 14.7. The number of allylic oxidation sites excluding steroid dienone is 4. The maximum Gasteiger partial charge on any atom is 0.416 e. The van der Waals surface area contributed by atoms with Crippen molar-refractivity contribution in [2.24, 2.45) is 11.3 Å². The molecular formula is C24H22F3N3S. The van der Waals surface area contributed by atoms with Gasteiger partial charge in [0.25, 0.3) is 0 Å². The highest BCUT2D eigenvalue weighted by molar-refractivity contribution is 7.22. The fourth-order valence-electron chi connectivity index (χ4n) is 4.54. The van der Waals surface area contributed by atoms with Gasteiger partial charge in [0.15, 0.2) is 5.13 Å². The van der Waals surface area contributed by atoms with Crippen LogP contribution in [-0.2, 0) is 6.18 Å². The molecule has 7 heteroatoms. The summed E-state index contributed by atoms with van der Waals surface area (Å²) >= 11 is 1.35. The van der Waals surface area contributed by atoms with E-state index in [1.54, 1.807) is 0 Å². The Bertz CT molecular complexity index is 1210. The van der Waals surface area contributed by atoms with E-state index in [1.807, 2.05) is 18.2 Å². The van der Waals surface area contributed by atoms with Gasteiger partial charge in [-0.15, -0.1) is 0 Å². The molecule has 3 aromatic rings. The summed E-state index contributed by atoms with van der Waals surface area (Å²) in [6.45, 7) is 5.50. The largest absolute Gasteiger partial charge is 0.416 e. The Hall–Kier alpha value is -2.80. The molecule has 31 heavy (non-hydrogen) atoms. The van der Waals surface area contributed by atoms with Crippen LogP contribution in [0.4, 0.5) is 29.7 Å². The summed E-state index contributed by atoms with van der Waals surface area (Å²) in [5.74, 6) is 0.466. The van der Waals surface area contributed by atoms with Crippen molar-refractivity contribution in [1.82, 2.24) is 4.98 Å². The Morgan fingerprint density at radius 3 is 2.77 bits per heavy atom. The molecule has 0 bridgehead atoms. The molecule has 2 heterocycles. The number of para-hydroxylation sites is 2. The number of hydrogen-bond acceptors (Lipinski definition) is 4. The number of nitrogens with zero attached hydrogens (tertiary/aromatic N) is 2. The highest BCUT2D eigenvalue weighted by Crippen LogP contribution is 2.49. The average molecular weight is 442 g/mol. The lowest BCUT2D eigenvalue weighted by atomic mass is 9.77. The lowest BCUT2D eigenvalue weighted by molar-refractivity contribution is -0.137. The third-order valence-corrected chi connectivity index (χ3v) is 7.06. The molecule has 1 saturated heterocycles. The first kappa shape index (κ1) is 20.1. The van der Waals surface area contributed by atoms with Gasteiger partial charge in [-0.3, -0.25) is 0 Å². The van der Waals surface area contributed by atoms with Crippen molar-refractivity contribution in [2.45, 2.75) is 26.4 Å². The Morgan fingerprint density at radius 1 is 1.16 bits per heavy atom. The van der Waals surface area contributed by atoms with E-state index in [-0.39, 0.29) is 5.41 Å². The number of hydrogen-bond donors (Lipinski definition) is 1. The predicted molar refractivity (Wildman–Crippen MR) is 121 cm³/mol. The molecule has 5 rings (SSSR count). The molecule has 2 aromatic carbocycles. The fraction of sp³-hybridized carbons (Fsp3) is 0.292. The van der Waals surface area contributed by atoms with Crippen LogP contribution in [0.5, 0.6) is 0 Å². The molecular weight excluding hydrogens is 419 g/mol. The van der Waals surface area contributed by atoms with E-state index in [1.165, 1.54) is 23.1 Å². The van der Waals surface area contributed by atoms with Gasteiger partial charge in [0, 0.05) is 18.2 Å². The molecule has 0 amide bonds. The second-order valence-electron chi connectivity index (χ2n) is 8.72. The minimum atomic E-state index is -4.38. The molecule has 160 valence electrons. The van der Waals surface area contributed by atoms with Crippen molar-refractivity contribution < 1.29 is 13.2 Å². The number of nitrogens with one attached hydrogen (secondary N) is 1. The Balaban J connectivity index is 1.49. The van der Waals surface area contributed by atoms with E-state index >= 15 is 0 Å². The minimum absolute atomic E-state index is 0.146. The van der Waals surface area contributed by atoms with Crippen LogP contribution in [0.25, 0.3) is 10.2 Å². The molecule has 1 N–H and O–H groups in total. The van der Waals surface area contributed by atoms with Gasteiger partial charge in [-0.2, -0.15) is 13.2 Å². The lowest BCUT2D eigenvalue weighted by Gasteiger charge is -2.26. The molecule has 0 radical (unpaired) electrons. The molecule has 2 aliphatic rings. The highest BCUT2D eigenvalue weighted by Gasteiger charge is 2.43. The summed E-state index contributed by atoms with van der Waals surface area (Å²) in [4.78, 5) is 6.78. The van der Waals surface area contributed by atoms with E-state index in [0.717, 1.165) is 41.2 Å². The Morgan fingerprint density at radius 2 is 1.97 bits per heavy atom. The van der Waals surface area contributed by atoms with Crippen LogP contribution in [0.2, 0.25) is 0 Å². The highest BCUT2D eigenvalue weighted by atomic mass is 32.1. The van der Waals surface area contributed by atoms with Crippen molar-refractivity contribution in [2.75, 3.05) is 16.8 Å². The van der Waals surface area contributed by atoms with Crippen LogP contribution < -0.4 is 10.2 Å². The molecule has 1 aliphatic heterocycles. The van der Waals surface area contributed by atoms with Gasteiger partial charge in [0.1, 0.15) is 0 Å². The number of halogens is 3. The number of rotatable bonds is 3. The van der Waals surface area contributed by atoms with Gasteiger partial charge < -0.3 is 10.2 Å². The average Bonchev–Trinajstić information content (AvgIpc) is 3.25. The Labute approximate surface area is 182 Å². The van der Waals surface area contributed by atoms with Crippen LogP contribution in [0.1, 0.15) is 25.8 Å². The van der Waals surface area contributed by atoms with E-state index < -0.39 is 11.7 Å². The first-order valence-corrected chi connectivity index (χ1v) is 11.0. The number of benzene rings is 2. The normalized spacial score (nSPS) is 20.1. The van der Waals surface area contributed by atoms with Crippen molar-refractivity contribution in [3.8, 4) is 0 Å². The van der Waals surface area contributed by atoms with Gasteiger partial charge >= 0.3 is 6.18 Å². The molecule has 1 aliphatic carbocycles. The number of fused-ring (bicyclic) bond motifs is 2. The third kappa shape index (κ3) is 3.61. The summed E-state index contributed by atoms with van der Waals surface area (Å²) in [7, 11) is 0. The second-order valence-corrected chi connectivity index (χ2v) is 9.75. The van der Waals surface area contributed by atoms with Crippen LogP contribution >= 0.6 is 11.3 Å². The molecule has 3 nitrogen and oxygen atoms in total. The summed E-state index contributed by atoms with van der Waals surface area (Å²) in [6, 6.07) is 11.7. The summed E-state index contributed by atoms with van der Waals surface area (Å²) in [5.41, 5.74) is 3.07. The molecule has 0 spiro atoms. The van der Waals surface area contributed by atoms with Crippen molar-refractivity contribution in [1.29, 1.82) is 0 Å². The smallest absolute Gasteiger partial charge is 0.343 e. The molecule has 0 saturated carbocycles. The number of aromatic nitrogens is 1. The number of alkyl halides is 3. The van der Waals surface area contributed by atoms with Gasteiger partial charge in [0.05, 0.1) is 27.2 Å². The van der Waals surface area contributed by atoms with Crippen LogP contribution in [0, 0.1) is 11.3 Å². The monoisotopic (exact) mass is 441 g/mol. The minimum Gasteiger partial charge on any atom is -0.343 e. The topological polar surface area (TPSA) is 28.2 Å². The quantitative estimate of drug-likeness (QED) is 0.460. The molecule has 1 aromatic heterocycles. The molecule has 1 unspecified atom stereocenters. The lowest BCUT2D eigenvalue weighted by Crippen LogP contribution is -2.23. The summed E-state index contributed by atoms with van der Waals surface area (Å²) < 4.78 is 39.8. The summed E-state index contributed by atoms with van der Waals surface area (Å²) in [6.07, 6.45) is 3.18. The second kappa shape index (κ2) is 7.12. The predicted octanol–water partition coefficient (Wildman–Crippen LogP) is 7.36. The van der Waals surface area contributed by atoms with E-state index in [2.05, 4.69) is 53.3 Å². The molecule has 1 fully saturated rings. The standard InChI is InChI=1S/C24H22F3N3S/c1-23(2)14-30(19-9-5-3-7-16(19)23)20-10-6-4-8-17(20)28-22-29-18-13-15(24(25,26)27)11-12-21(18)31-22/h3-6,8-13,16H,7,14H2,1-2H3,(H,28,29). The zero-order valence-electron chi connectivity index (χ0n) is 17.2. The summed E-state index contributed by atoms with van der Waals surface area (Å²) in [5, 5.41) is 3.94. The van der Waals surface area contributed by atoms with Crippen molar-refractivity contribution in [3.63, 3.8) is 0 Å². The first-order valence-electron chi connectivity index (χ1n) is 10.2. The van der Waals surface area contributed by atoms with Crippen LogP contribution in [-0.4, -0.2) is 11.5 Å². The number of thiazole rings is 1. The fourth-order valence-corrected chi connectivity index (χ4v) is 5.39. The van der Waals surface area contributed by atoms with Crippen LogP contribution in [0.3, 0.4) is 0 Å². The zero-order chi connectivity index (χ0) is 21.8.